The standard InChI is InChI=1S/C16H22N4O/c1-2-3-8-20(11-15(18)21)16-12(9-17)10-19-14-7-5-4-6-13(14)16/h4-7,10H,2-3,8-9,11,17H2,1H3,(H2,18,21). The number of nitrogens with two attached hydrogens (primary N) is 2. The third-order valence-electron chi connectivity index (χ3n) is 3.49. The number of rotatable bonds is 7. The highest BCUT2D eigenvalue weighted by atomic mass is 16.1. The lowest BCUT2D eigenvalue weighted by atomic mass is 10.1. The summed E-state index contributed by atoms with van der Waals surface area (Å²) in [7, 11) is 0. The van der Waals surface area contributed by atoms with Gasteiger partial charge in [-0.25, -0.2) is 0 Å². The van der Waals surface area contributed by atoms with E-state index in [0.717, 1.165) is 41.5 Å². The van der Waals surface area contributed by atoms with Crippen molar-refractivity contribution in [1.82, 2.24) is 4.98 Å². The number of para-hydroxylation sites is 1. The number of nitrogens with zero attached hydrogens (tertiary/aromatic N) is 2. The van der Waals surface area contributed by atoms with Gasteiger partial charge in [0.05, 0.1) is 17.7 Å². The van der Waals surface area contributed by atoms with Crippen LogP contribution in [0.1, 0.15) is 25.3 Å². The number of pyridine rings is 1. The van der Waals surface area contributed by atoms with Gasteiger partial charge in [0.2, 0.25) is 5.91 Å². The van der Waals surface area contributed by atoms with E-state index < -0.39 is 0 Å². The lowest BCUT2D eigenvalue weighted by Gasteiger charge is -2.27. The Bertz CT molecular complexity index is 627. The Hall–Kier alpha value is -2.14. The maximum absolute atomic E-state index is 11.4. The van der Waals surface area contributed by atoms with Gasteiger partial charge >= 0.3 is 0 Å². The molecule has 0 saturated carbocycles. The Morgan fingerprint density at radius 2 is 2.10 bits per heavy atom. The van der Waals surface area contributed by atoms with Gasteiger partial charge in [0.1, 0.15) is 0 Å². The summed E-state index contributed by atoms with van der Waals surface area (Å²) >= 11 is 0. The second-order valence-electron chi connectivity index (χ2n) is 5.09. The molecule has 0 saturated heterocycles. The van der Waals surface area contributed by atoms with Crippen LogP contribution in [0.2, 0.25) is 0 Å². The van der Waals surface area contributed by atoms with E-state index in [0.29, 0.717) is 6.54 Å². The molecular weight excluding hydrogens is 264 g/mol. The molecule has 1 aromatic carbocycles. The minimum atomic E-state index is -0.338. The van der Waals surface area contributed by atoms with E-state index in [-0.39, 0.29) is 12.5 Å². The Balaban J connectivity index is 2.54. The van der Waals surface area contributed by atoms with E-state index in [1.54, 1.807) is 6.20 Å². The first kappa shape index (κ1) is 15.3. The van der Waals surface area contributed by atoms with Gasteiger partial charge in [0, 0.05) is 30.2 Å². The van der Waals surface area contributed by atoms with Crippen LogP contribution in [0.4, 0.5) is 5.69 Å². The number of unbranched alkanes of at least 4 members (excludes halogenated alkanes) is 1. The topological polar surface area (TPSA) is 85.2 Å². The first-order chi connectivity index (χ1) is 10.2. The Kier molecular flexibility index (Phi) is 5.11. The molecule has 5 nitrogen and oxygen atoms in total. The average Bonchev–Trinajstić information content (AvgIpc) is 2.50. The molecular formula is C16H22N4O. The quantitative estimate of drug-likeness (QED) is 0.812. The molecule has 112 valence electrons. The van der Waals surface area contributed by atoms with E-state index in [4.69, 9.17) is 11.5 Å². The third-order valence-corrected chi connectivity index (χ3v) is 3.49. The van der Waals surface area contributed by atoms with E-state index in [1.165, 1.54) is 0 Å². The number of carbonyl (C=O) groups excluding carboxylic acids is 1. The molecule has 1 aromatic heterocycles. The number of benzene rings is 1. The normalized spacial score (nSPS) is 10.8. The summed E-state index contributed by atoms with van der Waals surface area (Å²) in [5, 5.41) is 1.01. The van der Waals surface area contributed by atoms with Gasteiger partial charge in [-0.3, -0.25) is 9.78 Å². The summed E-state index contributed by atoms with van der Waals surface area (Å²) in [6.07, 6.45) is 3.84. The van der Waals surface area contributed by atoms with Gasteiger partial charge in [0.25, 0.3) is 0 Å². The molecule has 0 fully saturated rings. The number of anilines is 1. The predicted octanol–water partition coefficient (Wildman–Crippen LogP) is 1.79. The fourth-order valence-corrected chi connectivity index (χ4v) is 2.50. The van der Waals surface area contributed by atoms with E-state index in [1.807, 2.05) is 29.2 Å². The molecule has 0 aliphatic heterocycles. The molecule has 0 spiro atoms. The molecule has 0 aliphatic carbocycles. The number of amides is 1. The molecule has 1 heterocycles. The van der Waals surface area contributed by atoms with Gasteiger partial charge in [-0.15, -0.1) is 0 Å². The highest BCUT2D eigenvalue weighted by Gasteiger charge is 2.16. The maximum atomic E-state index is 11.4. The number of primary amides is 1. The fraction of sp³-hybridized carbons (Fsp3) is 0.375. The minimum absolute atomic E-state index is 0.195. The van der Waals surface area contributed by atoms with E-state index in [9.17, 15) is 4.79 Å². The van der Waals surface area contributed by atoms with Crippen molar-refractivity contribution in [3.63, 3.8) is 0 Å². The summed E-state index contributed by atoms with van der Waals surface area (Å²) in [5.74, 6) is -0.338. The van der Waals surface area contributed by atoms with Crippen LogP contribution in [-0.2, 0) is 11.3 Å². The molecule has 2 aromatic rings. The largest absolute Gasteiger partial charge is 0.368 e. The molecule has 1 amide bonds. The zero-order valence-corrected chi connectivity index (χ0v) is 12.4. The van der Waals surface area contributed by atoms with Crippen molar-refractivity contribution in [3.8, 4) is 0 Å². The molecule has 0 aliphatic rings. The van der Waals surface area contributed by atoms with Gasteiger partial charge in [-0.1, -0.05) is 31.5 Å². The number of hydrogen-bond donors (Lipinski definition) is 2. The summed E-state index contributed by atoms with van der Waals surface area (Å²) in [6.45, 7) is 3.48. The highest BCUT2D eigenvalue weighted by Crippen LogP contribution is 2.29. The number of fused-ring (bicyclic) bond motifs is 1. The molecule has 4 N–H and O–H groups in total. The van der Waals surface area contributed by atoms with Crippen molar-refractivity contribution in [3.05, 3.63) is 36.0 Å². The number of aromatic nitrogens is 1. The van der Waals surface area contributed by atoms with Crippen LogP contribution in [0.3, 0.4) is 0 Å². The molecule has 2 rings (SSSR count). The molecule has 0 radical (unpaired) electrons. The number of hydrogen-bond acceptors (Lipinski definition) is 4. The third kappa shape index (κ3) is 3.49. The number of carbonyl (C=O) groups is 1. The SMILES string of the molecule is CCCCN(CC(N)=O)c1c(CN)cnc2ccccc12. The van der Waals surface area contributed by atoms with Crippen LogP contribution in [0.5, 0.6) is 0 Å². The van der Waals surface area contributed by atoms with Crippen LogP contribution in [0, 0.1) is 0 Å². The summed E-state index contributed by atoms with van der Waals surface area (Å²) < 4.78 is 0. The first-order valence-corrected chi connectivity index (χ1v) is 7.27. The van der Waals surface area contributed by atoms with Gasteiger partial charge in [-0.05, 0) is 12.5 Å². The average molecular weight is 286 g/mol. The van der Waals surface area contributed by atoms with Crippen LogP contribution >= 0.6 is 0 Å². The van der Waals surface area contributed by atoms with E-state index in [2.05, 4.69) is 11.9 Å². The maximum Gasteiger partial charge on any atom is 0.236 e. The van der Waals surface area contributed by atoms with Crippen LogP contribution in [0.15, 0.2) is 30.5 Å². The Morgan fingerprint density at radius 1 is 1.33 bits per heavy atom. The predicted molar refractivity (Wildman–Crippen MR) is 85.9 cm³/mol. The minimum Gasteiger partial charge on any atom is -0.368 e. The highest BCUT2D eigenvalue weighted by molar-refractivity contribution is 5.95. The van der Waals surface area contributed by atoms with Crippen molar-refractivity contribution in [2.75, 3.05) is 18.0 Å². The van der Waals surface area contributed by atoms with Crippen molar-refractivity contribution in [2.24, 2.45) is 11.5 Å². The Labute approximate surface area is 124 Å². The molecule has 5 heteroatoms. The van der Waals surface area contributed by atoms with Crippen molar-refractivity contribution < 1.29 is 4.79 Å². The van der Waals surface area contributed by atoms with Gasteiger partial charge in [-0.2, -0.15) is 0 Å². The fourth-order valence-electron chi connectivity index (χ4n) is 2.50. The smallest absolute Gasteiger partial charge is 0.236 e. The summed E-state index contributed by atoms with van der Waals surface area (Å²) in [4.78, 5) is 17.9. The van der Waals surface area contributed by atoms with Crippen LogP contribution in [-0.4, -0.2) is 24.0 Å². The van der Waals surface area contributed by atoms with E-state index >= 15 is 0 Å². The lowest BCUT2D eigenvalue weighted by molar-refractivity contribution is -0.116. The van der Waals surface area contributed by atoms with Crippen molar-refractivity contribution >= 4 is 22.5 Å². The summed E-state index contributed by atoms with van der Waals surface area (Å²) in [6, 6.07) is 7.89. The van der Waals surface area contributed by atoms with Crippen molar-refractivity contribution in [1.29, 1.82) is 0 Å². The van der Waals surface area contributed by atoms with Gasteiger partial charge in [0.15, 0.2) is 0 Å². The zero-order chi connectivity index (χ0) is 15.2. The zero-order valence-electron chi connectivity index (χ0n) is 12.4. The van der Waals surface area contributed by atoms with Crippen molar-refractivity contribution in [2.45, 2.75) is 26.3 Å². The molecule has 0 atom stereocenters. The lowest BCUT2D eigenvalue weighted by Crippen LogP contribution is -2.35. The second kappa shape index (κ2) is 7.04. The first-order valence-electron chi connectivity index (χ1n) is 7.27. The monoisotopic (exact) mass is 286 g/mol. The Morgan fingerprint density at radius 3 is 2.76 bits per heavy atom. The van der Waals surface area contributed by atoms with Gasteiger partial charge < -0.3 is 16.4 Å². The molecule has 0 bridgehead atoms. The summed E-state index contributed by atoms with van der Waals surface area (Å²) in [5.41, 5.74) is 14.1. The van der Waals surface area contributed by atoms with Crippen LogP contribution in [0.25, 0.3) is 10.9 Å². The molecule has 0 unspecified atom stereocenters. The molecule has 21 heavy (non-hydrogen) atoms. The second-order valence-corrected chi connectivity index (χ2v) is 5.09. The van der Waals surface area contributed by atoms with Crippen LogP contribution < -0.4 is 16.4 Å².